The molecule has 0 bridgehead atoms. The Hall–Kier alpha value is -1.07. The van der Waals surface area contributed by atoms with Gasteiger partial charge < -0.3 is 10.4 Å². The average molecular weight is 290 g/mol. The summed E-state index contributed by atoms with van der Waals surface area (Å²) >= 11 is 7.22. The largest absolute Gasteiger partial charge is 0.480 e. The van der Waals surface area contributed by atoms with Crippen LogP contribution >= 0.6 is 22.9 Å². The Labute approximate surface area is 115 Å². The number of rotatable bonds is 7. The molecule has 1 amide bonds. The maximum atomic E-state index is 11.6. The highest BCUT2D eigenvalue weighted by molar-refractivity contribution is 7.16. The van der Waals surface area contributed by atoms with E-state index in [9.17, 15) is 9.59 Å². The second-order valence-electron chi connectivity index (χ2n) is 3.95. The van der Waals surface area contributed by atoms with Gasteiger partial charge in [-0.15, -0.1) is 11.3 Å². The van der Waals surface area contributed by atoms with Crippen LogP contribution in [0.2, 0.25) is 4.34 Å². The molecule has 0 saturated carbocycles. The number of aliphatic carboxylic acids is 1. The normalized spacial score (nSPS) is 12.1. The molecular weight excluding hydrogens is 274 g/mol. The zero-order valence-corrected chi connectivity index (χ0v) is 11.7. The van der Waals surface area contributed by atoms with Crippen molar-refractivity contribution in [3.05, 3.63) is 21.3 Å². The van der Waals surface area contributed by atoms with E-state index in [0.717, 1.165) is 11.3 Å². The molecule has 0 fully saturated rings. The van der Waals surface area contributed by atoms with Crippen LogP contribution in [-0.4, -0.2) is 23.0 Å². The number of amides is 1. The number of carbonyl (C=O) groups is 2. The number of aryl methyl sites for hydroxylation is 1. The molecule has 18 heavy (non-hydrogen) atoms. The number of hydrogen-bond acceptors (Lipinski definition) is 3. The third kappa shape index (κ3) is 5.06. The Bertz CT molecular complexity index is 419. The first kappa shape index (κ1) is 15.0. The molecule has 0 spiro atoms. The minimum Gasteiger partial charge on any atom is -0.480 e. The second kappa shape index (κ2) is 7.38. The second-order valence-corrected chi connectivity index (χ2v) is 5.75. The van der Waals surface area contributed by atoms with Gasteiger partial charge in [0.25, 0.3) is 0 Å². The molecule has 2 N–H and O–H groups in total. The van der Waals surface area contributed by atoms with Crippen molar-refractivity contribution in [1.29, 1.82) is 0 Å². The first-order valence-corrected chi connectivity index (χ1v) is 6.98. The maximum Gasteiger partial charge on any atom is 0.326 e. The van der Waals surface area contributed by atoms with E-state index in [4.69, 9.17) is 16.7 Å². The van der Waals surface area contributed by atoms with Crippen LogP contribution < -0.4 is 5.32 Å². The fourth-order valence-corrected chi connectivity index (χ4v) is 2.62. The zero-order chi connectivity index (χ0) is 13.5. The van der Waals surface area contributed by atoms with E-state index in [1.54, 1.807) is 6.07 Å². The highest BCUT2D eigenvalue weighted by Crippen LogP contribution is 2.22. The summed E-state index contributed by atoms with van der Waals surface area (Å²) in [5.74, 6) is -1.22. The SMILES string of the molecule is CCCC(NC(=O)CCc1ccc(Cl)s1)C(=O)O. The monoisotopic (exact) mass is 289 g/mol. The average Bonchev–Trinajstić information content (AvgIpc) is 2.72. The highest BCUT2D eigenvalue weighted by Gasteiger charge is 2.18. The Kier molecular flexibility index (Phi) is 6.15. The van der Waals surface area contributed by atoms with Crippen LogP contribution in [0.4, 0.5) is 0 Å². The molecular formula is C12H16ClNO3S. The van der Waals surface area contributed by atoms with E-state index in [1.165, 1.54) is 11.3 Å². The van der Waals surface area contributed by atoms with Gasteiger partial charge in [0, 0.05) is 11.3 Å². The quantitative estimate of drug-likeness (QED) is 0.811. The summed E-state index contributed by atoms with van der Waals surface area (Å²) in [6.07, 6.45) is 2.04. The van der Waals surface area contributed by atoms with Crippen LogP contribution in [0, 0.1) is 0 Å². The number of thiophene rings is 1. The van der Waals surface area contributed by atoms with Gasteiger partial charge in [-0.3, -0.25) is 4.79 Å². The van der Waals surface area contributed by atoms with Gasteiger partial charge >= 0.3 is 5.97 Å². The third-order valence-corrected chi connectivity index (χ3v) is 3.73. The molecule has 1 rings (SSSR count). The van der Waals surface area contributed by atoms with Crippen LogP contribution in [0.5, 0.6) is 0 Å². The van der Waals surface area contributed by atoms with E-state index in [2.05, 4.69) is 5.32 Å². The van der Waals surface area contributed by atoms with Gasteiger partial charge in [0.2, 0.25) is 5.91 Å². The Morgan fingerprint density at radius 1 is 1.50 bits per heavy atom. The van der Waals surface area contributed by atoms with Crippen molar-refractivity contribution < 1.29 is 14.7 Å². The summed E-state index contributed by atoms with van der Waals surface area (Å²) in [7, 11) is 0. The van der Waals surface area contributed by atoms with Crippen molar-refractivity contribution in [2.24, 2.45) is 0 Å². The molecule has 1 aromatic heterocycles. The fourth-order valence-electron chi connectivity index (χ4n) is 1.54. The number of nitrogens with one attached hydrogen (secondary N) is 1. The topological polar surface area (TPSA) is 66.4 Å². The molecule has 0 saturated heterocycles. The van der Waals surface area contributed by atoms with E-state index in [1.807, 2.05) is 13.0 Å². The van der Waals surface area contributed by atoms with Gasteiger partial charge in [0.1, 0.15) is 6.04 Å². The van der Waals surface area contributed by atoms with Gasteiger partial charge in [-0.05, 0) is 25.0 Å². The predicted octanol–water partition coefficient (Wildman–Crippen LogP) is 2.70. The van der Waals surface area contributed by atoms with Gasteiger partial charge in [0.05, 0.1) is 4.34 Å². The Morgan fingerprint density at radius 2 is 2.22 bits per heavy atom. The van der Waals surface area contributed by atoms with Crippen LogP contribution in [-0.2, 0) is 16.0 Å². The van der Waals surface area contributed by atoms with Crippen molar-refractivity contribution in [2.75, 3.05) is 0 Å². The van der Waals surface area contributed by atoms with Crippen molar-refractivity contribution in [2.45, 2.75) is 38.6 Å². The molecule has 1 aromatic rings. The number of carboxylic acid groups (broad SMARTS) is 1. The predicted molar refractivity (Wildman–Crippen MR) is 72.1 cm³/mol. The molecule has 0 aliphatic carbocycles. The van der Waals surface area contributed by atoms with E-state index >= 15 is 0 Å². The number of carbonyl (C=O) groups excluding carboxylic acids is 1. The lowest BCUT2D eigenvalue weighted by Gasteiger charge is -2.13. The van der Waals surface area contributed by atoms with Gasteiger partial charge in [0.15, 0.2) is 0 Å². The molecule has 4 nitrogen and oxygen atoms in total. The van der Waals surface area contributed by atoms with E-state index < -0.39 is 12.0 Å². The lowest BCUT2D eigenvalue weighted by atomic mass is 10.1. The van der Waals surface area contributed by atoms with Crippen molar-refractivity contribution in [3.63, 3.8) is 0 Å². The summed E-state index contributed by atoms with van der Waals surface area (Å²) in [4.78, 5) is 23.5. The number of carboxylic acids is 1. The molecule has 1 heterocycles. The van der Waals surface area contributed by atoms with Crippen molar-refractivity contribution >= 4 is 34.8 Å². The van der Waals surface area contributed by atoms with Gasteiger partial charge in [-0.25, -0.2) is 4.79 Å². The maximum absolute atomic E-state index is 11.6. The molecule has 0 aliphatic rings. The molecule has 100 valence electrons. The molecule has 1 atom stereocenters. The minimum absolute atomic E-state index is 0.236. The summed E-state index contributed by atoms with van der Waals surface area (Å²) in [6.45, 7) is 1.88. The summed E-state index contributed by atoms with van der Waals surface area (Å²) < 4.78 is 0.694. The minimum atomic E-state index is -0.982. The summed E-state index contributed by atoms with van der Waals surface area (Å²) in [5, 5.41) is 11.4. The number of halogens is 1. The number of hydrogen-bond donors (Lipinski definition) is 2. The molecule has 1 unspecified atom stereocenters. The van der Waals surface area contributed by atoms with Crippen molar-refractivity contribution in [1.82, 2.24) is 5.32 Å². The van der Waals surface area contributed by atoms with Gasteiger partial charge in [-0.2, -0.15) is 0 Å². The van der Waals surface area contributed by atoms with E-state index in [-0.39, 0.29) is 12.3 Å². The fraction of sp³-hybridized carbons (Fsp3) is 0.500. The molecule has 0 aliphatic heterocycles. The van der Waals surface area contributed by atoms with Crippen LogP contribution in [0.1, 0.15) is 31.1 Å². The Morgan fingerprint density at radius 3 is 2.72 bits per heavy atom. The van der Waals surface area contributed by atoms with E-state index in [0.29, 0.717) is 17.2 Å². The lowest BCUT2D eigenvalue weighted by Crippen LogP contribution is -2.40. The van der Waals surface area contributed by atoms with Crippen LogP contribution in [0.15, 0.2) is 12.1 Å². The summed E-state index contributed by atoms with van der Waals surface area (Å²) in [5.41, 5.74) is 0. The standard InChI is InChI=1S/C12H16ClNO3S/c1-2-3-9(12(16)17)14-11(15)7-5-8-4-6-10(13)18-8/h4,6,9H,2-3,5,7H2,1H3,(H,14,15)(H,16,17). The molecule has 0 aromatic carbocycles. The Balaban J connectivity index is 2.38. The van der Waals surface area contributed by atoms with Gasteiger partial charge in [-0.1, -0.05) is 24.9 Å². The first-order chi connectivity index (χ1) is 8.52. The molecule has 6 heteroatoms. The smallest absolute Gasteiger partial charge is 0.326 e. The molecule has 0 radical (unpaired) electrons. The highest BCUT2D eigenvalue weighted by atomic mass is 35.5. The third-order valence-electron chi connectivity index (χ3n) is 2.44. The zero-order valence-electron chi connectivity index (χ0n) is 10.1. The van der Waals surface area contributed by atoms with Crippen LogP contribution in [0.25, 0.3) is 0 Å². The first-order valence-electron chi connectivity index (χ1n) is 5.79. The lowest BCUT2D eigenvalue weighted by molar-refractivity contribution is -0.142. The van der Waals surface area contributed by atoms with Crippen LogP contribution in [0.3, 0.4) is 0 Å². The summed E-state index contributed by atoms with van der Waals surface area (Å²) in [6, 6.07) is 2.88. The van der Waals surface area contributed by atoms with Crippen molar-refractivity contribution in [3.8, 4) is 0 Å².